The van der Waals surface area contributed by atoms with E-state index in [0.717, 1.165) is 12.1 Å². The molecule has 3 heteroatoms. The van der Waals surface area contributed by atoms with Crippen LogP contribution in [0.2, 0.25) is 0 Å². The molecule has 2 rings (SSSR count). The molecule has 0 aliphatic carbocycles. The molecule has 0 amide bonds. The Kier molecular flexibility index (Phi) is 4.38. The smallest absolute Gasteiger partial charge is 0.0975 e. The van der Waals surface area contributed by atoms with E-state index in [2.05, 4.69) is 51.2 Å². The van der Waals surface area contributed by atoms with Crippen LogP contribution in [0.5, 0.6) is 0 Å². The molecule has 0 aliphatic heterocycles. The summed E-state index contributed by atoms with van der Waals surface area (Å²) in [4.78, 5) is 6.05. The second-order valence-electron chi connectivity index (χ2n) is 5.16. The predicted molar refractivity (Wildman–Crippen MR) is 83.0 cm³/mol. The maximum absolute atomic E-state index is 4.71. The summed E-state index contributed by atoms with van der Waals surface area (Å²) in [6.07, 6.45) is 0.934. The second-order valence-corrected chi connectivity index (χ2v) is 6.28. The highest BCUT2D eigenvalue weighted by Gasteiger charge is 2.13. The number of nitrogens with zero attached hydrogens (tertiary/aromatic N) is 1. The van der Waals surface area contributed by atoms with Gasteiger partial charge in [-0.15, -0.1) is 11.3 Å². The Morgan fingerprint density at radius 2 is 1.95 bits per heavy atom. The van der Waals surface area contributed by atoms with E-state index in [1.54, 1.807) is 0 Å². The van der Waals surface area contributed by atoms with Crippen molar-refractivity contribution in [1.29, 1.82) is 0 Å². The van der Waals surface area contributed by atoms with Gasteiger partial charge in [-0.2, -0.15) is 0 Å². The number of benzene rings is 1. The van der Waals surface area contributed by atoms with Crippen LogP contribution in [-0.2, 0) is 6.42 Å². The third-order valence-corrected chi connectivity index (χ3v) is 4.97. The zero-order chi connectivity index (χ0) is 14.0. The van der Waals surface area contributed by atoms with Gasteiger partial charge in [-0.25, -0.2) is 4.98 Å². The molecule has 102 valence electrons. The SMILES string of the molecule is CNC(C)c1sc(Cc2ccc(C)c(C)c2)nc1C. The first kappa shape index (κ1) is 14.2. The zero-order valence-corrected chi connectivity index (χ0v) is 13.2. The first-order valence-corrected chi connectivity index (χ1v) is 7.52. The Balaban J connectivity index is 2.21. The van der Waals surface area contributed by atoms with Gasteiger partial charge in [0.2, 0.25) is 0 Å². The molecule has 0 saturated carbocycles. The van der Waals surface area contributed by atoms with Gasteiger partial charge in [0.25, 0.3) is 0 Å². The van der Waals surface area contributed by atoms with Crippen LogP contribution in [-0.4, -0.2) is 12.0 Å². The number of hydrogen-bond donors (Lipinski definition) is 1. The average Bonchev–Trinajstić information content (AvgIpc) is 2.74. The summed E-state index contributed by atoms with van der Waals surface area (Å²) in [6.45, 7) is 8.60. The van der Waals surface area contributed by atoms with Crippen LogP contribution in [0.25, 0.3) is 0 Å². The molecule has 0 aliphatic rings. The molecule has 0 radical (unpaired) electrons. The first-order chi connectivity index (χ1) is 9.01. The lowest BCUT2D eigenvalue weighted by Gasteiger charge is -2.07. The molecule has 0 spiro atoms. The molecule has 1 atom stereocenters. The largest absolute Gasteiger partial charge is 0.312 e. The number of aryl methyl sites for hydroxylation is 3. The van der Waals surface area contributed by atoms with Gasteiger partial charge in [0.05, 0.1) is 10.7 Å². The van der Waals surface area contributed by atoms with Crippen molar-refractivity contribution in [3.05, 3.63) is 50.5 Å². The quantitative estimate of drug-likeness (QED) is 0.913. The fourth-order valence-corrected chi connectivity index (χ4v) is 3.33. The van der Waals surface area contributed by atoms with Crippen molar-refractivity contribution >= 4 is 11.3 Å². The third kappa shape index (κ3) is 3.23. The van der Waals surface area contributed by atoms with Crippen molar-refractivity contribution in [1.82, 2.24) is 10.3 Å². The Bertz CT molecular complexity index is 572. The summed E-state index contributed by atoms with van der Waals surface area (Å²) < 4.78 is 0. The van der Waals surface area contributed by atoms with Crippen LogP contribution in [0.15, 0.2) is 18.2 Å². The summed E-state index contributed by atoms with van der Waals surface area (Å²) >= 11 is 1.82. The van der Waals surface area contributed by atoms with Crippen molar-refractivity contribution in [3.8, 4) is 0 Å². The van der Waals surface area contributed by atoms with E-state index in [0.29, 0.717) is 6.04 Å². The lowest BCUT2D eigenvalue weighted by Crippen LogP contribution is -2.11. The highest BCUT2D eigenvalue weighted by atomic mass is 32.1. The standard InChI is InChI=1S/C16H22N2S/c1-10-6-7-14(8-11(10)2)9-15-18-13(4)16(19-15)12(3)17-5/h6-8,12,17H,9H2,1-5H3. The molecule has 0 bridgehead atoms. The first-order valence-electron chi connectivity index (χ1n) is 6.71. The van der Waals surface area contributed by atoms with Crippen LogP contribution in [0.3, 0.4) is 0 Å². The average molecular weight is 274 g/mol. The van der Waals surface area contributed by atoms with Crippen molar-refractivity contribution in [2.75, 3.05) is 7.05 Å². The zero-order valence-electron chi connectivity index (χ0n) is 12.4. The van der Waals surface area contributed by atoms with Gasteiger partial charge in [0, 0.05) is 17.3 Å². The van der Waals surface area contributed by atoms with Gasteiger partial charge < -0.3 is 5.32 Å². The maximum atomic E-state index is 4.71. The molecule has 1 aromatic carbocycles. The fraction of sp³-hybridized carbons (Fsp3) is 0.438. The van der Waals surface area contributed by atoms with Crippen molar-refractivity contribution < 1.29 is 0 Å². The molecule has 0 saturated heterocycles. The van der Waals surface area contributed by atoms with Crippen LogP contribution in [0, 0.1) is 20.8 Å². The molecule has 19 heavy (non-hydrogen) atoms. The van der Waals surface area contributed by atoms with Crippen LogP contribution >= 0.6 is 11.3 Å². The minimum atomic E-state index is 0.381. The molecule has 2 aromatic rings. The lowest BCUT2D eigenvalue weighted by atomic mass is 10.0. The van der Waals surface area contributed by atoms with Gasteiger partial charge in [-0.1, -0.05) is 18.2 Å². The van der Waals surface area contributed by atoms with Gasteiger partial charge in [-0.3, -0.25) is 0 Å². The summed E-state index contributed by atoms with van der Waals surface area (Å²) in [5, 5.41) is 4.49. The molecular weight excluding hydrogens is 252 g/mol. The van der Waals surface area contributed by atoms with Crippen molar-refractivity contribution in [2.24, 2.45) is 0 Å². The highest BCUT2D eigenvalue weighted by Crippen LogP contribution is 2.26. The Morgan fingerprint density at radius 1 is 1.21 bits per heavy atom. The Morgan fingerprint density at radius 3 is 2.58 bits per heavy atom. The van der Waals surface area contributed by atoms with Gasteiger partial charge >= 0.3 is 0 Å². The monoisotopic (exact) mass is 274 g/mol. The number of hydrogen-bond acceptors (Lipinski definition) is 3. The van der Waals surface area contributed by atoms with E-state index < -0.39 is 0 Å². The number of rotatable bonds is 4. The van der Waals surface area contributed by atoms with E-state index >= 15 is 0 Å². The van der Waals surface area contributed by atoms with E-state index in [-0.39, 0.29) is 0 Å². The highest BCUT2D eigenvalue weighted by molar-refractivity contribution is 7.11. The molecule has 1 N–H and O–H groups in total. The maximum Gasteiger partial charge on any atom is 0.0975 e. The van der Waals surface area contributed by atoms with Crippen molar-refractivity contribution in [3.63, 3.8) is 0 Å². The van der Waals surface area contributed by atoms with Gasteiger partial charge in [-0.05, 0) is 51.4 Å². The molecular formula is C16H22N2S. The Hall–Kier alpha value is -1.19. The lowest BCUT2D eigenvalue weighted by molar-refractivity contribution is 0.658. The van der Waals surface area contributed by atoms with Crippen LogP contribution in [0.4, 0.5) is 0 Å². The topological polar surface area (TPSA) is 24.9 Å². The molecule has 1 aromatic heterocycles. The third-order valence-electron chi connectivity index (χ3n) is 3.63. The normalized spacial score (nSPS) is 12.7. The van der Waals surface area contributed by atoms with E-state index in [1.165, 1.54) is 26.6 Å². The molecule has 1 heterocycles. The van der Waals surface area contributed by atoms with E-state index in [9.17, 15) is 0 Å². The van der Waals surface area contributed by atoms with Crippen LogP contribution in [0.1, 0.15) is 45.2 Å². The number of nitrogens with one attached hydrogen (secondary N) is 1. The summed E-state index contributed by atoms with van der Waals surface area (Å²) in [5.41, 5.74) is 5.21. The molecule has 0 fully saturated rings. The fourth-order valence-electron chi connectivity index (χ4n) is 2.16. The van der Waals surface area contributed by atoms with E-state index in [1.807, 2.05) is 18.4 Å². The minimum absolute atomic E-state index is 0.381. The minimum Gasteiger partial charge on any atom is -0.312 e. The predicted octanol–water partition coefficient (Wildman–Crippen LogP) is 3.94. The number of aromatic nitrogens is 1. The Labute approximate surface area is 119 Å². The van der Waals surface area contributed by atoms with Crippen molar-refractivity contribution in [2.45, 2.75) is 40.2 Å². The molecule has 1 unspecified atom stereocenters. The number of thiazole rings is 1. The van der Waals surface area contributed by atoms with Crippen LogP contribution < -0.4 is 5.32 Å². The molecule has 2 nitrogen and oxygen atoms in total. The summed E-state index contributed by atoms with van der Waals surface area (Å²) in [6, 6.07) is 7.06. The summed E-state index contributed by atoms with van der Waals surface area (Å²) in [7, 11) is 1.99. The second kappa shape index (κ2) is 5.85. The van der Waals surface area contributed by atoms with E-state index in [4.69, 9.17) is 4.98 Å². The summed E-state index contributed by atoms with van der Waals surface area (Å²) in [5.74, 6) is 0. The van der Waals surface area contributed by atoms with Gasteiger partial charge in [0.1, 0.15) is 0 Å². The van der Waals surface area contributed by atoms with Gasteiger partial charge in [0.15, 0.2) is 0 Å².